The number of amides is 1. The smallest absolute Gasteiger partial charge is 0.246 e. The van der Waals surface area contributed by atoms with Crippen molar-refractivity contribution in [2.75, 3.05) is 19.6 Å². The molecule has 0 saturated carbocycles. The van der Waals surface area contributed by atoms with E-state index in [9.17, 15) is 17.6 Å². The van der Waals surface area contributed by atoms with Crippen molar-refractivity contribution in [3.8, 4) is 0 Å². The second kappa shape index (κ2) is 4.94. The standard InChI is InChI=1S/C10H10BrFN2O3S/c11-7-1-2-9(8(12)5-7)18(16,17)14-4-3-13-10(15)6-14/h1-2,5H,3-4,6H2,(H,13,15). The molecule has 1 aromatic carbocycles. The van der Waals surface area contributed by atoms with Crippen molar-refractivity contribution in [1.29, 1.82) is 0 Å². The van der Waals surface area contributed by atoms with Crippen molar-refractivity contribution in [3.05, 3.63) is 28.5 Å². The monoisotopic (exact) mass is 336 g/mol. The highest BCUT2D eigenvalue weighted by molar-refractivity contribution is 9.10. The highest BCUT2D eigenvalue weighted by Gasteiger charge is 2.31. The SMILES string of the molecule is O=C1CN(S(=O)(=O)c2ccc(Br)cc2F)CCN1. The number of hydrogen-bond acceptors (Lipinski definition) is 3. The molecule has 98 valence electrons. The van der Waals surface area contributed by atoms with E-state index in [1.54, 1.807) is 0 Å². The highest BCUT2D eigenvalue weighted by Crippen LogP contribution is 2.22. The first-order valence-corrected chi connectivity index (χ1v) is 7.36. The predicted molar refractivity (Wildman–Crippen MR) is 65.9 cm³/mol. The summed E-state index contributed by atoms with van der Waals surface area (Å²) in [6.07, 6.45) is 0. The van der Waals surface area contributed by atoms with Crippen LogP contribution in [0.2, 0.25) is 0 Å². The quantitative estimate of drug-likeness (QED) is 0.864. The van der Waals surface area contributed by atoms with Gasteiger partial charge in [-0.05, 0) is 18.2 Å². The Kier molecular flexibility index (Phi) is 3.69. The maximum absolute atomic E-state index is 13.7. The fourth-order valence-electron chi connectivity index (χ4n) is 1.64. The van der Waals surface area contributed by atoms with Gasteiger partial charge in [-0.1, -0.05) is 15.9 Å². The number of benzene rings is 1. The van der Waals surface area contributed by atoms with Crippen molar-refractivity contribution in [3.63, 3.8) is 0 Å². The molecule has 5 nitrogen and oxygen atoms in total. The van der Waals surface area contributed by atoms with Gasteiger partial charge in [-0.15, -0.1) is 0 Å². The highest BCUT2D eigenvalue weighted by atomic mass is 79.9. The number of carbonyl (C=O) groups is 1. The van der Waals surface area contributed by atoms with Crippen LogP contribution >= 0.6 is 15.9 Å². The molecule has 1 aliphatic heterocycles. The van der Waals surface area contributed by atoms with Crippen LogP contribution in [0.5, 0.6) is 0 Å². The van der Waals surface area contributed by atoms with Gasteiger partial charge in [0.1, 0.15) is 10.7 Å². The number of rotatable bonds is 2. The molecule has 0 aliphatic carbocycles. The lowest BCUT2D eigenvalue weighted by Gasteiger charge is -2.26. The third-order valence-corrected chi connectivity index (χ3v) is 4.89. The third-order valence-electron chi connectivity index (χ3n) is 2.52. The number of piperazine rings is 1. The minimum atomic E-state index is -3.97. The van der Waals surface area contributed by atoms with Crippen LogP contribution in [0.25, 0.3) is 0 Å². The maximum atomic E-state index is 13.7. The summed E-state index contributed by atoms with van der Waals surface area (Å²) >= 11 is 3.06. The zero-order chi connectivity index (χ0) is 13.3. The van der Waals surface area contributed by atoms with E-state index in [0.717, 1.165) is 10.4 Å². The first-order chi connectivity index (χ1) is 8.41. The summed E-state index contributed by atoms with van der Waals surface area (Å²) in [4.78, 5) is 10.8. The average Bonchev–Trinajstić information content (AvgIpc) is 2.28. The number of halogens is 2. The van der Waals surface area contributed by atoms with E-state index >= 15 is 0 Å². The van der Waals surface area contributed by atoms with Crippen LogP contribution < -0.4 is 5.32 Å². The van der Waals surface area contributed by atoms with Crippen molar-refractivity contribution >= 4 is 31.9 Å². The molecule has 1 fully saturated rings. The minimum absolute atomic E-state index is 0.142. The molecular formula is C10H10BrFN2O3S. The molecule has 18 heavy (non-hydrogen) atoms. The normalized spacial score (nSPS) is 17.6. The maximum Gasteiger partial charge on any atom is 0.246 e. The minimum Gasteiger partial charge on any atom is -0.354 e. The molecule has 0 aromatic heterocycles. The fourth-order valence-corrected chi connectivity index (χ4v) is 3.42. The molecule has 1 heterocycles. The number of nitrogens with one attached hydrogen (secondary N) is 1. The largest absolute Gasteiger partial charge is 0.354 e. The molecule has 8 heteroatoms. The zero-order valence-electron chi connectivity index (χ0n) is 9.19. The molecule has 1 aliphatic rings. The van der Waals surface area contributed by atoms with Gasteiger partial charge in [0.05, 0.1) is 6.54 Å². The molecule has 0 spiro atoms. The molecular weight excluding hydrogens is 327 g/mol. The van der Waals surface area contributed by atoms with Crippen LogP contribution in [0.15, 0.2) is 27.6 Å². The van der Waals surface area contributed by atoms with E-state index in [0.29, 0.717) is 4.47 Å². The first kappa shape index (κ1) is 13.4. The number of nitrogens with zero attached hydrogens (tertiary/aromatic N) is 1. The van der Waals surface area contributed by atoms with Crippen LogP contribution in [-0.2, 0) is 14.8 Å². The second-order valence-corrected chi connectivity index (χ2v) is 6.59. The lowest BCUT2D eigenvalue weighted by Crippen LogP contribution is -2.49. The molecule has 1 saturated heterocycles. The van der Waals surface area contributed by atoms with Gasteiger partial charge < -0.3 is 5.32 Å². The van der Waals surface area contributed by atoms with Crippen molar-refractivity contribution in [2.24, 2.45) is 0 Å². The number of carbonyl (C=O) groups excluding carboxylic acids is 1. The summed E-state index contributed by atoms with van der Waals surface area (Å²) in [5.41, 5.74) is 0. The summed E-state index contributed by atoms with van der Waals surface area (Å²) in [6.45, 7) is 0.0949. The van der Waals surface area contributed by atoms with Gasteiger partial charge in [-0.3, -0.25) is 4.79 Å². The molecule has 2 rings (SSSR count). The molecule has 1 amide bonds. The molecule has 0 bridgehead atoms. The molecule has 0 atom stereocenters. The summed E-state index contributed by atoms with van der Waals surface area (Å²) in [6, 6.07) is 3.71. The average molecular weight is 337 g/mol. The summed E-state index contributed by atoms with van der Waals surface area (Å²) in [5.74, 6) is -1.22. The zero-order valence-corrected chi connectivity index (χ0v) is 11.6. The lowest BCUT2D eigenvalue weighted by molar-refractivity contribution is -0.122. The summed E-state index contributed by atoms with van der Waals surface area (Å²) in [5, 5.41) is 2.51. The molecule has 0 unspecified atom stereocenters. The predicted octanol–water partition coefficient (Wildman–Crippen LogP) is 0.709. The number of sulfonamides is 1. The molecule has 0 radical (unpaired) electrons. The van der Waals surface area contributed by atoms with Crippen LogP contribution in [0.1, 0.15) is 0 Å². The summed E-state index contributed by atoms with van der Waals surface area (Å²) < 4.78 is 39.4. The van der Waals surface area contributed by atoms with E-state index < -0.39 is 20.7 Å². The van der Waals surface area contributed by atoms with Gasteiger partial charge in [0.25, 0.3) is 0 Å². The van der Waals surface area contributed by atoms with E-state index in [2.05, 4.69) is 21.2 Å². The Morgan fingerprint density at radius 1 is 1.39 bits per heavy atom. The summed E-state index contributed by atoms with van der Waals surface area (Å²) in [7, 11) is -3.97. The number of hydrogen-bond donors (Lipinski definition) is 1. The van der Waals surface area contributed by atoms with E-state index in [1.807, 2.05) is 0 Å². The van der Waals surface area contributed by atoms with Crippen LogP contribution in [0.3, 0.4) is 0 Å². The lowest BCUT2D eigenvalue weighted by atomic mass is 10.3. The Labute approximate surface area is 112 Å². The Balaban J connectivity index is 2.38. The Bertz CT molecular complexity index is 591. The van der Waals surface area contributed by atoms with Crippen LogP contribution in [0, 0.1) is 5.82 Å². The van der Waals surface area contributed by atoms with Gasteiger partial charge in [0, 0.05) is 17.6 Å². The molecule has 1 N–H and O–H groups in total. The Morgan fingerprint density at radius 3 is 2.72 bits per heavy atom. The topological polar surface area (TPSA) is 66.5 Å². The van der Waals surface area contributed by atoms with Gasteiger partial charge >= 0.3 is 0 Å². The molecule has 1 aromatic rings. The third kappa shape index (κ3) is 2.55. The van der Waals surface area contributed by atoms with Crippen molar-refractivity contribution in [1.82, 2.24) is 9.62 Å². The van der Waals surface area contributed by atoms with Crippen molar-refractivity contribution < 1.29 is 17.6 Å². The van der Waals surface area contributed by atoms with Gasteiger partial charge in [-0.2, -0.15) is 4.31 Å². The van der Waals surface area contributed by atoms with Gasteiger partial charge in [0.2, 0.25) is 15.9 Å². The first-order valence-electron chi connectivity index (χ1n) is 5.13. The van der Waals surface area contributed by atoms with E-state index in [-0.39, 0.29) is 25.5 Å². The van der Waals surface area contributed by atoms with Crippen LogP contribution in [-0.4, -0.2) is 38.3 Å². The van der Waals surface area contributed by atoms with Gasteiger partial charge in [0.15, 0.2) is 0 Å². The van der Waals surface area contributed by atoms with E-state index in [1.165, 1.54) is 12.1 Å². The Hall–Kier alpha value is -0.990. The second-order valence-electron chi connectivity index (χ2n) is 3.76. The fraction of sp³-hybridized carbons (Fsp3) is 0.300. The van der Waals surface area contributed by atoms with Crippen LogP contribution in [0.4, 0.5) is 4.39 Å². The van der Waals surface area contributed by atoms with Gasteiger partial charge in [-0.25, -0.2) is 12.8 Å². The van der Waals surface area contributed by atoms with Crippen molar-refractivity contribution in [2.45, 2.75) is 4.90 Å². The van der Waals surface area contributed by atoms with E-state index in [4.69, 9.17) is 0 Å². The Morgan fingerprint density at radius 2 is 2.11 bits per heavy atom.